The first-order valence-corrected chi connectivity index (χ1v) is 13.6. The number of alkyl halides is 1. The molecule has 1 aromatic rings. The summed E-state index contributed by atoms with van der Waals surface area (Å²) in [6, 6.07) is 8.88. The summed E-state index contributed by atoms with van der Waals surface area (Å²) in [5.74, 6) is -0.345. The van der Waals surface area contributed by atoms with Crippen LogP contribution in [-0.4, -0.2) is 96.3 Å². The van der Waals surface area contributed by atoms with Gasteiger partial charge in [0.05, 0.1) is 78.2 Å². The van der Waals surface area contributed by atoms with Gasteiger partial charge in [0, 0.05) is 6.61 Å². The average molecular weight is 596 g/mol. The van der Waals surface area contributed by atoms with E-state index in [-0.39, 0.29) is 12.6 Å². The van der Waals surface area contributed by atoms with E-state index in [1.165, 1.54) is 23.7 Å². The molecule has 0 aromatic heterocycles. The van der Waals surface area contributed by atoms with Crippen LogP contribution >= 0.6 is 22.6 Å². The molecule has 0 unspecified atom stereocenters. The molecule has 0 aliphatic carbocycles. The quantitative estimate of drug-likeness (QED) is 0.0727. The Bertz CT molecular complexity index is 561. The molecule has 0 saturated carbocycles. The topological polar surface area (TPSA) is 81.7 Å². The van der Waals surface area contributed by atoms with E-state index in [9.17, 15) is 4.79 Å². The number of benzene rings is 1. The molecule has 0 radical (unpaired) electrons. The van der Waals surface area contributed by atoms with Crippen molar-refractivity contribution in [3.05, 3.63) is 35.9 Å². The van der Waals surface area contributed by atoms with Gasteiger partial charge in [0.25, 0.3) is 0 Å². The summed E-state index contributed by atoms with van der Waals surface area (Å²) in [5.41, 5.74) is 0.536. The van der Waals surface area contributed by atoms with Crippen molar-refractivity contribution in [2.45, 2.75) is 25.7 Å². The number of esters is 1. The molecule has 0 heterocycles. The fraction of sp³-hybridized carbons (Fsp3) is 0.720. The molecule has 1 aromatic carbocycles. The second kappa shape index (κ2) is 25.3. The highest BCUT2D eigenvalue weighted by Gasteiger charge is 2.05. The van der Waals surface area contributed by atoms with Gasteiger partial charge in [0.1, 0.15) is 6.61 Å². The van der Waals surface area contributed by atoms with E-state index >= 15 is 0 Å². The van der Waals surface area contributed by atoms with Crippen LogP contribution in [0.3, 0.4) is 0 Å². The Hall–Kier alpha value is -0.820. The fourth-order valence-electron chi connectivity index (χ4n) is 2.70. The number of unbranched alkanes of at least 4 members (excludes halogenated alkanes) is 3. The molecule has 8 nitrogen and oxygen atoms in total. The lowest BCUT2D eigenvalue weighted by Crippen LogP contribution is -2.15. The summed E-state index contributed by atoms with van der Waals surface area (Å²) < 4.78 is 39.1. The first kappa shape index (κ1) is 31.2. The van der Waals surface area contributed by atoms with Crippen LogP contribution in [0, 0.1) is 0 Å². The minimum absolute atomic E-state index is 0.217. The van der Waals surface area contributed by atoms with E-state index < -0.39 is 0 Å². The third kappa shape index (κ3) is 20.5. The Morgan fingerprint density at radius 2 is 0.941 bits per heavy atom. The highest BCUT2D eigenvalue weighted by atomic mass is 127. The molecule has 1 rings (SSSR count). The molecule has 0 spiro atoms. The summed E-state index contributed by atoms with van der Waals surface area (Å²) in [5, 5.41) is 0. The van der Waals surface area contributed by atoms with Gasteiger partial charge in [0.2, 0.25) is 0 Å². The fourth-order valence-corrected chi connectivity index (χ4v) is 3.24. The SMILES string of the molecule is O=C(OCCOCCOCCOCCOCCOCCOCCCCCCI)c1ccccc1. The van der Waals surface area contributed by atoms with Crippen molar-refractivity contribution < 1.29 is 38.0 Å². The lowest BCUT2D eigenvalue weighted by molar-refractivity contribution is -0.0194. The zero-order valence-corrected chi connectivity index (χ0v) is 22.4. The van der Waals surface area contributed by atoms with Gasteiger partial charge >= 0.3 is 5.97 Å². The van der Waals surface area contributed by atoms with E-state index in [1.54, 1.807) is 24.3 Å². The van der Waals surface area contributed by atoms with Crippen LogP contribution in [0.15, 0.2) is 30.3 Å². The Labute approximate surface area is 218 Å². The molecular weight excluding hydrogens is 555 g/mol. The van der Waals surface area contributed by atoms with Crippen LogP contribution in [0.4, 0.5) is 0 Å². The molecule has 0 amide bonds. The second-order valence-electron chi connectivity index (χ2n) is 7.28. The van der Waals surface area contributed by atoms with Crippen LogP contribution in [0.2, 0.25) is 0 Å². The minimum atomic E-state index is -0.345. The predicted octanol–water partition coefficient (Wildman–Crippen LogP) is 3.94. The first-order valence-electron chi connectivity index (χ1n) is 12.1. The van der Waals surface area contributed by atoms with Crippen LogP contribution in [0.1, 0.15) is 36.0 Å². The van der Waals surface area contributed by atoms with E-state index in [0.717, 1.165) is 13.0 Å². The van der Waals surface area contributed by atoms with Crippen LogP contribution in [-0.2, 0) is 33.2 Å². The van der Waals surface area contributed by atoms with E-state index in [4.69, 9.17) is 33.2 Å². The largest absolute Gasteiger partial charge is 0.460 e. The first-order chi connectivity index (χ1) is 16.8. The molecule has 0 atom stereocenters. The van der Waals surface area contributed by atoms with Gasteiger partial charge in [-0.2, -0.15) is 0 Å². The normalized spacial score (nSPS) is 11.1. The molecule has 0 aliphatic rings. The van der Waals surface area contributed by atoms with Gasteiger partial charge in [-0.25, -0.2) is 4.79 Å². The number of halogens is 1. The second-order valence-corrected chi connectivity index (χ2v) is 8.36. The van der Waals surface area contributed by atoms with Gasteiger partial charge in [0.15, 0.2) is 0 Å². The predicted molar refractivity (Wildman–Crippen MR) is 139 cm³/mol. The number of hydrogen-bond donors (Lipinski definition) is 0. The summed E-state index contributed by atoms with van der Waals surface area (Å²) in [4.78, 5) is 11.7. The van der Waals surface area contributed by atoms with Gasteiger partial charge in [-0.3, -0.25) is 0 Å². The monoisotopic (exact) mass is 596 g/mol. The van der Waals surface area contributed by atoms with Crippen molar-refractivity contribution in [3.8, 4) is 0 Å². The van der Waals surface area contributed by atoms with Crippen LogP contribution in [0.25, 0.3) is 0 Å². The van der Waals surface area contributed by atoms with Crippen molar-refractivity contribution in [1.82, 2.24) is 0 Å². The Morgan fingerprint density at radius 1 is 0.529 bits per heavy atom. The van der Waals surface area contributed by atoms with Gasteiger partial charge in [-0.1, -0.05) is 53.6 Å². The van der Waals surface area contributed by atoms with Gasteiger partial charge < -0.3 is 33.2 Å². The molecule has 0 saturated heterocycles. The number of rotatable bonds is 25. The lowest BCUT2D eigenvalue weighted by atomic mass is 10.2. The van der Waals surface area contributed by atoms with Crippen LogP contribution in [0.5, 0.6) is 0 Å². The zero-order chi connectivity index (χ0) is 24.4. The summed E-state index contributed by atoms with van der Waals surface area (Å²) in [6.07, 6.45) is 4.97. The molecule has 34 heavy (non-hydrogen) atoms. The highest BCUT2D eigenvalue weighted by Crippen LogP contribution is 2.02. The van der Waals surface area contributed by atoms with Crippen molar-refractivity contribution in [1.29, 1.82) is 0 Å². The molecule has 9 heteroatoms. The van der Waals surface area contributed by atoms with Crippen molar-refractivity contribution in [3.63, 3.8) is 0 Å². The number of ether oxygens (including phenoxy) is 7. The Balaban J connectivity index is 1.68. The average Bonchev–Trinajstić information content (AvgIpc) is 2.87. The molecule has 196 valence electrons. The highest BCUT2D eigenvalue weighted by molar-refractivity contribution is 14.1. The minimum Gasteiger partial charge on any atom is -0.460 e. The number of carbonyl (C=O) groups is 1. The molecule has 0 N–H and O–H groups in total. The summed E-state index contributed by atoms with van der Waals surface area (Å²) >= 11 is 2.42. The maximum atomic E-state index is 11.7. The molecule has 0 bridgehead atoms. The number of carbonyl (C=O) groups excluding carboxylic acids is 1. The van der Waals surface area contributed by atoms with Crippen molar-refractivity contribution >= 4 is 28.6 Å². The molecule has 0 fully saturated rings. The zero-order valence-electron chi connectivity index (χ0n) is 20.3. The Morgan fingerprint density at radius 3 is 1.41 bits per heavy atom. The standard InChI is InChI=1S/C25H41IO8/c26-10-6-1-2-7-11-28-12-13-29-14-15-30-16-17-31-18-19-32-20-21-33-22-23-34-25(27)24-8-4-3-5-9-24/h3-5,8-9H,1-2,6-7,10-23H2. The van der Waals surface area contributed by atoms with E-state index in [1.807, 2.05) is 6.07 Å². The third-order valence-electron chi connectivity index (χ3n) is 4.50. The molecule has 0 aliphatic heterocycles. The van der Waals surface area contributed by atoms with E-state index in [0.29, 0.717) is 78.2 Å². The smallest absolute Gasteiger partial charge is 0.338 e. The van der Waals surface area contributed by atoms with Gasteiger partial charge in [-0.05, 0) is 29.4 Å². The lowest BCUT2D eigenvalue weighted by Gasteiger charge is -2.08. The maximum absolute atomic E-state index is 11.7. The third-order valence-corrected chi connectivity index (χ3v) is 5.27. The molecular formula is C25H41IO8. The van der Waals surface area contributed by atoms with Gasteiger partial charge in [-0.15, -0.1) is 0 Å². The maximum Gasteiger partial charge on any atom is 0.338 e. The van der Waals surface area contributed by atoms with E-state index in [2.05, 4.69) is 22.6 Å². The number of hydrogen-bond acceptors (Lipinski definition) is 8. The van der Waals surface area contributed by atoms with Crippen molar-refractivity contribution in [2.24, 2.45) is 0 Å². The summed E-state index contributed by atoms with van der Waals surface area (Å²) in [6.45, 7) is 6.69. The Kier molecular flexibility index (Phi) is 23.2. The van der Waals surface area contributed by atoms with Crippen molar-refractivity contribution in [2.75, 3.05) is 90.3 Å². The summed E-state index contributed by atoms with van der Waals surface area (Å²) in [7, 11) is 0. The van der Waals surface area contributed by atoms with Crippen LogP contribution < -0.4 is 0 Å².